The lowest BCUT2D eigenvalue weighted by Crippen LogP contribution is -2.46. The van der Waals surface area contributed by atoms with Crippen LogP contribution in [-0.4, -0.2) is 33.6 Å². The number of nitrogens with one attached hydrogen (secondary N) is 1. The van der Waals surface area contributed by atoms with Crippen LogP contribution in [0.25, 0.3) is 0 Å². The second-order valence-electron chi connectivity index (χ2n) is 6.54. The van der Waals surface area contributed by atoms with Gasteiger partial charge in [0.1, 0.15) is 0 Å². The summed E-state index contributed by atoms with van der Waals surface area (Å²) in [4.78, 5) is 30.5. The van der Waals surface area contributed by atoms with E-state index >= 15 is 0 Å². The molecule has 0 unspecified atom stereocenters. The average Bonchev–Trinajstić information content (AvgIpc) is 2.58. The van der Waals surface area contributed by atoms with Crippen LogP contribution in [0.15, 0.2) is 35.4 Å². The van der Waals surface area contributed by atoms with Crippen molar-refractivity contribution in [2.75, 3.05) is 13.1 Å². The molecule has 0 radical (unpaired) electrons. The topological polar surface area (TPSA) is 67.2 Å². The van der Waals surface area contributed by atoms with Crippen molar-refractivity contribution in [1.29, 1.82) is 0 Å². The molecule has 1 N–H and O–H groups in total. The van der Waals surface area contributed by atoms with Gasteiger partial charge in [0.05, 0.1) is 18.6 Å². The van der Waals surface area contributed by atoms with Crippen molar-refractivity contribution in [3.8, 4) is 0 Å². The molecule has 0 saturated carbocycles. The first-order chi connectivity index (χ1) is 11.6. The Morgan fingerprint density at radius 1 is 1.38 bits per heavy atom. The molecule has 0 spiro atoms. The molecule has 6 heteroatoms. The lowest BCUT2D eigenvalue weighted by molar-refractivity contribution is 0.190. The number of carbonyl (C=O) groups excluding carboxylic acids is 1. The zero-order valence-electron chi connectivity index (χ0n) is 13.7. The Hall–Kier alpha value is -2.63. The number of benzene rings is 1. The van der Waals surface area contributed by atoms with Gasteiger partial charge in [-0.15, -0.1) is 0 Å². The van der Waals surface area contributed by atoms with Crippen molar-refractivity contribution in [3.63, 3.8) is 0 Å². The molecular weight excluding hydrogens is 304 g/mol. The molecule has 6 nitrogen and oxygen atoms in total. The van der Waals surface area contributed by atoms with E-state index in [4.69, 9.17) is 0 Å². The summed E-state index contributed by atoms with van der Waals surface area (Å²) in [6.07, 6.45) is 3.11. The number of carbonyl (C=O) groups is 1. The maximum Gasteiger partial charge on any atom is 0.317 e. The number of aromatic nitrogens is 2. The number of rotatable bonds is 2. The molecule has 124 valence electrons. The fraction of sp³-hybridized carbons (Fsp3) is 0.389. The summed E-state index contributed by atoms with van der Waals surface area (Å²) in [6, 6.07) is 8.29. The number of aryl methyl sites for hydroxylation is 1. The third-order valence-electron chi connectivity index (χ3n) is 5.03. The third kappa shape index (κ3) is 2.48. The highest BCUT2D eigenvalue weighted by Gasteiger charge is 2.28. The zero-order valence-corrected chi connectivity index (χ0v) is 13.7. The molecular formula is C18H20N4O2. The normalized spacial score (nSPS) is 18.4. The van der Waals surface area contributed by atoms with Crippen molar-refractivity contribution in [1.82, 2.24) is 19.8 Å². The molecule has 2 aromatic rings. The highest BCUT2D eigenvalue weighted by molar-refractivity contribution is 5.74. The molecule has 24 heavy (non-hydrogen) atoms. The SMILES string of the molecule is Cn1cnc2c(c1=O)CCN(C(=O)NC[C@H]1Cc3ccccc31)C2. The Labute approximate surface area is 140 Å². The molecule has 1 aliphatic heterocycles. The molecule has 0 fully saturated rings. The van der Waals surface area contributed by atoms with E-state index in [-0.39, 0.29) is 11.6 Å². The van der Waals surface area contributed by atoms with E-state index in [0.29, 0.717) is 37.7 Å². The molecule has 0 bridgehead atoms. The first-order valence-corrected chi connectivity index (χ1v) is 8.27. The second kappa shape index (κ2) is 5.78. The summed E-state index contributed by atoms with van der Waals surface area (Å²) in [5.41, 5.74) is 4.16. The summed E-state index contributed by atoms with van der Waals surface area (Å²) >= 11 is 0. The van der Waals surface area contributed by atoms with Crippen LogP contribution >= 0.6 is 0 Å². The Kier molecular flexibility index (Phi) is 3.59. The Balaban J connectivity index is 1.38. The predicted molar refractivity (Wildman–Crippen MR) is 89.9 cm³/mol. The third-order valence-corrected chi connectivity index (χ3v) is 5.03. The number of hydrogen-bond donors (Lipinski definition) is 1. The van der Waals surface area contributed by atoms with Gasteiger partial charge in [-0.1, -0.05) is 24.3 Å². The molecule has 4 rings (SSSR count). The van der Waals surface area contributed by atoms with E-state index < -0.39 is 0 Å². The summed E-state index contributed by atoms with van der Waals surface area (Å²) in [6.45, 7) is 1.61. The van der Waals surface area contributed by atoms with E-state index in [1.807, 2.05) is 6.07 Å². The van der Waals surface area contributed by atoms with Crippen molar-refractivity contribution in [2.24, 2.45) is 7.05 Å². The van der Waals surface area contributed by atoms with E-state index in [9.17, 15) is 9.59 Å². The maximum atomic E-state index is 12.4. The van der Waals surface area contributed by atoms with Crippen LogP contribution in [0.3, 0.4) is 0 Å². The van der Waals surface area contributed by atoms with Crippen LogP contribution in [0.1, 0.15) is 28.3 Å². The van der Waals surface area contributed by atoms with Crippen LogP contribution < -0.4 is 10.9 Å². The maximum absolute atomic E-state index is 12.4. The number of fused-ring (bicyclic) bond motifs is 2. The molecule has 1 aromatic carbocycles. The van der Waals surface area contributed by atoms with Gasteiger partial charge in [0.25, 0.3) is 5.56 Å². The van der Waals surface area contributed by atoms with Crippen LogP contribution in [0.2, 0.25) is 0 Å². The van der Waals surface area contributed by atoms with Crippen molar-refractivity contribution in [3.05, 3.63) is 63.3 Å². The van der Waals surface area contributed by atoms with Gasteiger partial charge in [0.15, 0.2) is 0 Å². The number of hydrogen-bond acceptors (Lipinski definition) is 3. The van der Waals surface area contributed by atoms with E-state index in [1.54, 1.807) is 11.9 Å². The largest absolute Gasteiger partial charge is 0.337 e. The summed E-state index contributed by atoms with van der Waals surface area (Å²) in [5, 5.41) is 3.03. The lowest BCUT2D eigenvalue weighted by atomic mass is 9.78. The minimum Gasteiger partial charge on any atom is -0.337 e. The van der Waals surface area contributed by atoms with Crippen molar-refractivity contribution >= 4 is 6.03 Å². The lowest BCUT2D eigenvalue weighted by Gasteiger charge is -2.32. The quantitative estimate of drug-likeness (QED) is 0.902. The van der Waals surface area contributed by atoms with Crippen molar-refractivity contribution in [2.45, 2.75) is 25.3 Å². The summed E-state index contributed by atoms with van der Waals surface area (Å²) in [7, 11) is 1.70. The van der Waals surface area contributed by atoms with Gasteiger partial charge < -0.3 is 14.8 Å². The molecule has 0 saturated heterocycles. The molecule has 1 aromatic heterocycles. The Morgan fingerprint density at radius 3 is 3.04 bits per heavy atom. The van der Waals surface area contributed by atoms with Crippen LogP contribution in [-0.2, 0) is 26.4 Å². The van der Waals surface area contributed by atoms with Gasteiger partial charge in [-0.05, 0) is 24.0 Å². The minimum atomic E-state index is -0.0764. The van der Waals surface area contributed by atoms with Crippen LogP contribution in [0.4, 0.5) is 4.79 Å². The highest BCUT2D eigenvalue weighted by Crippen LogP contribution is 2.34. The van der Waals surface area contributed by atoms with Crippen LogP contribution in [0, 0.1) is 0 Å². The van der Waals surface area contributed by atoms with Gasteiger partial charge in [0.2, 0.25) is 0 Å². The molecule has 2 heterocycles. The molecule has 1 atom stereocenters. The van der Waals surface area contributed by atoms with Gasteiger partial charge in [-0.25, -0.2) is 9.78 Å². The minimum absolute atomic E-state index is 0.00821. The van der Waals surface area contributed by atoms with E-state index in [1.165, 1.54) is 22.0 Å². The number of amides is 2. The number of nitrogens with zero attached hydrogens (tertiary/aromatic N) is 3. The molecule has 1 aliphatic carbocycles. The summed E-state index contributed by atoms with van der Waals surface area (Å²) < 4.78 is 1.49. The fourth-order valence-electron chi connectivity index (χ4n) is 3.56. The highest BCUT2D eigenvalue weighted by atomic mass is 16.2. The van der Waals surface area contributed by atoms with Crippen LogP contribution in [0.5, 0.6) is 0 Å². The first kappa shape index (κ1) is 14.9. The second-order valence-corrected chi connectivity index (χ2v) is 6.54. The Bertz CT molecular complexity index is 858. The summed E-state index contributed by atoms with van der Waals surface area (Å²) in [5.74, 6) is 0.410. The van der Waals surface area contributed by atoms with E-state index in [0.717, 1.165) is 12.0 Å². The van der Waals surface area contributed by atoms with E-state index in [2.05, 4.69) is 28.5 Å². The smallest absolute Gasteiger partial charge is 0.317 e. The van der Waals surface area contributed by atoms with Gasteiger partial charge in [0, 0.05) is 31.6 Å². The van der Waals surface area contributed by atoms with Gasteiger partial charge >= 0.3 is 6.03 Å². The fourth-order valence-corrected chi connectivity index (χ4v) is 3.56. The zero-order chi connectivity index (χ0) is 16.7. The number of urea groups is 1. The standard InChI is InChI=1S/C18H20N4O2/c1-21-11-20-16-10-22(7-6-15(16)17(21)23)18(24)19-9-13-8-12-4-2-3-5-14(12)13/h2-5,11,13H,6-10H2,1H3,(H,19,24)/t13-/m1/s1. The Morgan fingerprint density at radius 2 is 2.21 bits per heavy atom. The van der Waals surface area contributed by atoms with Gasteiger partial charge in [-0.2, -0.15) is 0 Å². The molecule has 2 amide bonds. The van der Waals surface area contributed by atoms with Gasteiger partial charge in [-0.3, -0.25) is 4.79 Å². The average molecular weight is 324 g/mol. The monoisotopic (exact) mass is 324 g/mol. The first-order valence-electron chi connectivity index (χ1n) is 8.27. The van der Waals surface area contributed by atoms with Crippen molar-refractivity contribution < 1.29 is 4.79 Å². The molecule has 2 aliphatic rings. The predicted octanol–water partition coefficient (Wildman–Crippen LogP) is 1.19.